The highest BCUT2D eigenvalue weighted by Gasteiger charge is 2.52. The van der Waals surface area contributed by atoms with Gasteiger partial charge in [-0.05, 0) is 25.5 Å². The molecule has 0 radical (unpaired) electrons. The predicted octanol–water partition coefficient (Wildman–Crippen LogP) is 2.08. The Hall–Kier alpha value is -1.53. The maximum absolute atomic E-state index is 12.8. The average Bonchev–Trinajstić information content (AvgIpc) is 3.01. The van der Waals surface area contributed by atoms with Crippen molar-refractivity contribution < 1.29 is 9.59 Å². The quantitative estimate of drug-likeness (QED) is 0.892. The van der Waals surface area contributed by atoms with E-state index in [9.17, 15) is 9.59 Å². The van der Waals surface area contributed by atoms with Crippen molar-refractivity contribution >= 4 is 23.6 Å². The van der Waals surface area contributed by atoms with Crippen molar-refractivity contribution in [1.82, 2.24) is 15.1 Å². The van der Waals surface area contributed by atoms with Crippen LogP contribution in [0.4, 0.5) is 0 Å². The van der Waals surface area contributed by atoms with Crippen LogP contribution >= 0.6 is 11.8 Å². The fourth-order valence-corrected chi connectivity index (χ4v) is 5.29. The molecule has 1 unspecified atom stereocenters. The Labute approximate surface area is 154 Å². The molecule has 0 saturated carbocycles. The molecule has 0 bridgehead atoms. The molecule has 2 aliphatic heterocycles. The van der Waals surface area contributed by atoms with Gasteiger partial charge in [0.2, 0.25) is 11.8 Å². The zero-order chi connectivity index (χ0) is 17.9. The van der Waals surface area contributed by atoms with E-state index in [0.717, 1.165) is 31.5 Å². The van der Waals surface area contributed by atoms with Crippen LogP contribution < -0.4 is 5.32 Å². The molecule has 6 heteroatoms. The molecule has 1 atom stereocenters. The van der Waals surface area contributed by atoms with E-state index in [0.29, 0.717) is 18.7 Å². The van der Waals surface area contributed by atoms with Gasteiger partial charge in [0.1, 0.15) is 6.04 Å². The van der Waals surface area contributed by atoms with Crippen molar-refractivity contribution in [3.8, 4) is 0 Å². The lowest BCUT2D eigenvalue weighted by atomic mass is 10.00. The van der Waals surface area contributed by atoms with Gasteiger partial charge >= 0.3 is 0 Å². The summed E-state index contributed by atoms with van der Waals surface area (Å²) < 4.78 is 0. The van der Waals surface area contributed by atoms with Crippen LogP contribution in [-0.4, -0.2) is 58.4 Å². The molecule has 2 saturated heterocycles. The molecule has 1 N–H and O–H groups in total. The molecule has 2 fully saturated rings. The molecule has 5 nitrogen and oxygen atoms in total. The first-order valence-corrected chi connectivity index (χ1v) is 10.0. The highest BCUT2D eigenvalue weighted by Crippen LogP contribution is 2.46. The summed E-state index contributed by atoms with van der Waals surface area (Å²) in [6.45, 7) is 4.33. The van der Waals surface area contributed by atoms with E-state index in [-0.39, 0.29) is 22.7 Å². The number of nitrogens with zero attached hydrogens (tertiary/aromatic N) is 2. The maximum atomic E-state index is 12.8. The summed E-state index contributed by atoms with van der Waals surface area (Å²) in [7, 11) is 2.11. The summed E-state index contributed by atoms with van der Waals surface area (Å²) in [5.41, 5.74) is 1.07. The van der Waals surface area contributed by atoms with Gasteiger partial charge < -0.3 is 15.1 Å². The van der Waals surface area contributed by atoms with E-state index >= 15 is 0 Å². The summed E-state index contributed by atoms with van der Waals surface area (Å²) in [5.74, 6) is 0.749. The largest absolute Gasteiger partial charge is 0.350 e. The first-order valence-electron chi connectivity index (χ1n) is 9.02. The number of hydrogen-bond acceptors (Lipinski definition) is 4. The molecular formula is C19H27N3O2S. The molecule has 25 heavy (non-hydrogen) atoms. The van der Waals surface area contributed by atoms with Gasteiger partial charge in [0, 0.05) is 31.8 Å². The zero-order valence-electron chi connectivity index (χ0n) is 15.0. The lowest BCUT2D eigenvalue weighted by Crippen LogP contribution is -2.57. The van der Waals surface area contributed by atoms with Crippen LogP contribution in [0, 0.1) is 0 Å². The van der Waals surface area contributed by atoms with E-state index in [1.54, 1.807) is 11.8 Å². The second-order valence-corrected chi connectivity index (χ2v) is 8.28. The average molecular weight is 362 g/mol. The summed E-state index contributed by atoms with van der Waals surface area (Å²) in [6, 6.07) is 9.53. The van der Waals surface area contributed by atoms with E-state index in [1.807, 2.05) is 42.2 Å². The third-order valence-corrected chi connectivity index (χ3v) is 6.84. The molecule has 2 amide bonds. The van der Waals surface area contributed by atoms with Gasteiger partial charge in [0.25, 0.3) is 0 Å². The zero-order valence-corrected chi connectivity index (χ0v) is 15.8. The van der Waals surface area contributed by atoms with Gasteiger partial charge in [-0.3, -0.25) is 9.59 Å². The summed E-state index contributed by atoms with van der Waals surface area (Å²) in [4.78, 5) is 29.5. The topological polar surface area (TPSA) is 52.7 Å². The second kappa shape index (κ2) is 7.79. The Morgan fingerprint density at radius 3 is 2.56 bits per heavy atom. The van der Waals surface area contributed by atoms with Crippen molar-refractivity contribution in [1.29, 1.82) is 0 Å². The van der Waals surface area contributed by atoms with Crippen LogP contribution in [0.2, 0.25) is 0 Å². The lowest BCUT2D eigenvalue weighted by Gasteiger charge is -2.44. The molecule has 1 aromatic rings. The van der Waals surface area contributed by atoms with Gasteiger partial charge in [-0.1, -0.05) is 37.3 Å². The monoisotopic (exact) mass is 361 g/mol. The van der Waals surface area contributed by atoms with Crippen LogP contribution in [0.3, 0.4) is 0 Å². The van der Waals surface area contributed by atoms with Crippen molar-refractivity contribution in [2.45, 2.75) is 43.6 Å². The number of benzene rings is 1. The van der Waals surface area contributed by atoms with Crippen LogP contribution in [0.5, 0.6) is 0 Å². The minimum Gasteiger partial charge on any atom is -0.350 e. The van der Waals surface area contributed by atoms with E-state index in [2.05, 4.69) is 17.3 Å². The molecule has 0 aliphatic carbocycles. The van der Waals surface area contributed by atoms with Gasteiger partial charge in [-0.2, -0.15) is 0 Å². The van der Waals surface area contributed by atoms with Crippen LogP contribution in [0.1, 0.15) is 31.7 Å². The minimum atomic E-state index is -0.357. The predicted molar refractivity (Wildman–Crippen MR) is 101 cm³/mol. The fraction of sp³-hybridized carbons (Fsp3) is 0.579. The Balaban J connectivity index is 1.71. The number of carbonyl (C=O) groups is 2. The Morgan fingerprint density at radius 1 is 1.24 bits per heavy atom. The third-order valence-electron chi connectivity index (χ3n) is 5.21. The maximum Gasteiger partial charge on any atom is 0.243 e. The van der Waals surface area contributed by atoms with Gasteiger partial charge in [0.15, 0.2) is 0 Å². The fourth-order valence-electron chi connectivity index (χ4n) is 3.68. The summed E-state index contributed by atoms with van der Waals surface area (Å²) >= 11 is 1.80. The highest BCUT2D eigenvalue weighted by molar-refractivity contribution is 8.01. The summed E-state index contributed by atoms with van der Waals surface area (Å²) in [5, 5.41) is 3.02. The van der Waals surface area contributed by atoms with Gasteiger partial charge in [0.05, 0.1) is 4.87 Å². The molecule has 0 aromatic heterocycles. The van der Waals surface area contributed by atoms with Crippen molar-refractivity contribution in [3.05, 3.63) is 35.9 Å². The number of thioether (sulfide) groups is 1. The third kappa shape index (κ3) is 3.85. The van der Waals surface area contributed by atoms with E-state index < -0.39 is 0 Å². The molecule has 136 valence electrons. The number of nitrogens with one attached hydrogen (secondary N) is 1. The number of carbonyl (C=O) groups excluding carboxylic acids is 2. The smallest absolute Gasteiger partial charge is 0.243 e. The molecular weight excluding hydrogens is 334 g/mol. The lowest BCUT2D eigenvalue weighted by molar-refractivity contribution is -0.143. The van der Waals surface area contributed by atoms with E-state index in [4.69, 9.17) is 0 Å². The van der Waals surface area contributed by atoms with Gasteiger partial charge in [-0.15, -0.1) is 11.8 Å². The van der Waals surface area contributed by atoms with Crippen LogP contribution in [0.15, 0.2) is 30.3 Å². The molecule has 2 heterocycles. The Kier molecular flexibility index (Phi) is 5.69. The van der Waals surface area contributed by atoms with E-state index in [1.165, 1.54) is 0 Å². The Bertz CT molecular complexity index is 614. The van der Waals surface area contributed by atoms with Gasteiger partial charge in [-0.25, -0.2) is 0 Å². The SMILES string of the molecule is CCC(=O)N1C(C(=O)NCc2ccccc2)CSC12CCN(C)CC2. The van der Waals surface area contributed by atoms with Crippen molar-refractivity contribution in [3.63, 3.8) is 0 Å². The standard InChI is InChI=1S/C19H27N3O2S/c1-3-17(23)22-16(14-25-19(22)9-11-21(2)12-10-19)18(24)20-13-15-7-5-4-6-8-15/h4-8,16H,3,9-14H2,1-2H3,(H,20,24). The normalized spacial score (nSPS) is 23.0. The number of piperidine rings is 1. The second-order valence-electron chi connectivity index (χ2n) is 6.90. The first kappa shape index (κ1) is 18.3. The minimum absolute atomic E-state index is 0.0334. The molecule has 1 spiro atoms. The molecule has 1 aromatic carbocycles. The molecule has 3 rings (SSSR count). The van der Waals surface area contributed by atoms with Crippen LogP contribution in [-0.2, 0) is 16.1 Å². The number of likely N-dealkylation sites (tertiary alicyclic amines) is 1. The number of hydrogen-bond donors (Lipinski definition) is 1. The Morgan fingerprint density at radius 2 is 1.92 bits per heavy atom. The van der Waals surface area contributed by atoms with Crippen molar-refractivity contribution in [2.24, 2.45) is 0 Å². The molecule has 2 aliphatic rings. The number of amides is 2. The summed E-state index contributed by atoms with van der Waals surface area (Å²) in [6.07, 6.45) is 2.31. The highest BCUT2D eigenvalue weighted by atomic mass is 32.2. The van der Waals surface area contributed by atoms with Crippen LogP contribution in [0.25, 0.3) is 0 Å². The first-order chi connectivity index (χ1) is 12.1. The number of rotatable bonds is 4. The van der Waals surface area contributed by atoms with Crippen molar-refractivity contribution in [2.75, 3.05) is 25.9 Å².